The van der Waals surface area contributed by atoms with E-state index in [0.717, 1.165) is 4.68 Å². The smallest absolute Gasteiger partial charge is 0.322 e. The Morgan fingerprint density at radius 1 is 1.03 bits per heavy atom. The molecule has 1 aromatic heterocycles. The summed E-state index contributed by atoms with van der Waals surface area (Å²) in [5.74, 6) is -1.22. The first-order chi connectivity index (χ1) is 16.2. The lowest BCUT2D eigenvalue weighted by Crippen LogP contribution is -2.52. The Bertz CT molecular complexity index is 1300. The van der Waals surface area contributed by atoms with Crippen LogP contribution >= 0.6 is 0 Å². The van der Waals surface area contributed by atoms with Crippen molar-refractivity contribution in [3.05, 3.63) is 59.7 Å². The van der Waals surface area contributed by atoms with E-state index in [1.165, 1.54) is 4.90 Å². The van der Waals surface area contributed by atoms with Crippen molar-refractivity contribution in [3.63, 3.8) is 0 Å². The fourth-order valence-corrected chi connectivity index (χ4v) is 4.39. The quantitative estimate of drug-likeness (QED) is 0.593. The summed E-state index contributed by atoms with van der Waals surface area (Å²) in [6.45, 7) is -1.15. The number of benzene rings is 2. The number of hydrogen-bond acceptors (Lipinski definition) is 5. The molecule has 34 heavy (non-hydrogen) atoms. The van der Waals surface area contributed by atoms with Gasteiger partial charge in [-0.25, -0.2) is 4.68 Å². The minimum atomic E-state index is -4.48. The van der Waals surface area contributed by atoms with Gasteiger partial charge in [0.05, 0.1) is 5.69 Å². The molecule has 0 saturated carbocycles. The van der Waals surface area contributed by atoms with Gasteiger partial charge in [-0.3, -0.25) is 19.7 Å². The molecule has 174 valence electrons. The number of carbonyl (C=O) groups is 3. The van der Waals surface area contributed by atoms with E-state index in [0.29, 0.717) is 22.3 Å². The summed E-state index contributed by atoms with van der Waals surface area (Å²) >= 11 is 0. The Morgan fingerprint density at radius 2 is 1.79 bits per heavy atom. The number of amides is 3. The van der Waals surface area contributed by atoms with Crippen molar-refractivity contribution >= 4 is 17.7 Å². The second-order valence-corrected chi connectivity index (χ2v) is 8.20. The largest absolute Gasteiger partial charge is 0.408 e. The number of aromatic nitrogens is 3. The molecule has 3 heterocycles. The van der Waals surface area contributed by atoms with E-state index in [1.807, 2.05) is 0 Å². The van der Waals surface area contributed by atoms with E-state index < -0.39 is 24.7 Å². The van der Waals surface area contributed by atoms with Crippen molar-refractivity contribution in [1.29, 1.82) is 0 Å². The average molecular weight is 469 g/mol. The SMILES string of the molecule is O=C1CCC(N2Cc3cc(-c4nnn(CC(F)(F)F)c4-c4ccccc4)ccc3C2=O)C(=O)N1. The zero-order valence-electron chi connectivity index (χ0n) is 17.7. The maximum Gasteiger partial charge on any atom is 0.408 e. The Hall–Kier alpha value is -4.02. The van der Waals surface area contributed by atoms with Crippen LogP contribution in [0.2, 0.25) is 0 Å². The lowest BCUT2D eigenvalue weighted by atomic mass is 10.0. The van der Waals surface area contributed by atoms with Gasteiger partial charge in [-0.2, -0.15) is 13.2 Å². The van der Waals surface area contributed by atoms with Gasteiger partial charge in [0.15, 0.2) is 0 Å². The first-order valence-electron chi connectivity index (χ1n) is 10.5. The second-order valence-electron chi connectivity index (χ2n) is 8.20. The topological polar surface area (TPSA) is 97.2 Å². The maximum absolute atomic E-state index is 13.2. The van der Waals surface area contributed by atoms with Crippen molar-refractivity contribution in [2.45, 2.75) is 38.1 Å². The Morgan fingerprint density at radius 3 is 2.50 bits per heavy atom. The van der Waals surface area contributed by atoms with Gasteiger partial charge >= 0.3 is 6.18 Å². The molecule has 1 atom stereocenters. The number of alkyl halides is 3. The summed E-state index contributed by atoms with van der Waals surface area (Å²) < 4.78 is 40.3. The Labute approximate surface area is 191 Å². The highest BCUT2D eigenvalue weighted by Crippen LogP contribution is 2.35. The van der Waals surface area contributed by atoms with E-state index in [9.17, 15) is 27.6 Å². The molecule has 1 unspecified atom stereocenters. The van der Waals surface area contributed by atoms with Crippen LogP contribution in [0, 0.1) is 0 Å². The summed E-state index contributed by atoms with van der Waals surface area (Å²) in [5.41, 5.74) is 2.51. The number of halogens is 3. The highest BCUT2D eigenvalue weighted by molar-refractivity contribution is 6.05. The highest BCUT2D eigenvalue weighted by atomic mass is 19.4. The lowest BCUT2D eigenvalue weighted by molar-refractivity contribution is -0.142. The van der Waals surface area contributed by atoms with E-state index in [-0.39, 0.29) is 42.6 Å². The van der Waals surface area contributed by atoms with Gasteiger partial charge in [0.25, 0.3) is 5.91 Å². The number of nitrogens with zero attached hydrogens (tertiary/aromatic N) is 4. The fraction of sp³-hybridized carbons (Fsp3) is 0.261. The third-order valence-corrected chi connectivity index (χ3v) is 5.91. The first kappa shape index (κ1) is 21.8. The molecule has 2 aliphatic rings. The molecule has 0 spiro atoms. The summed E-state index contributed by atoms with van der Waals surface area (Å²) in [6.07, 6.45) is -4.10. The summed E-state index contributed by atoms with van der Waals surface area (Å²) in [7, 11) is 0. The van der Waals surface area contributed by atoms with Crippen molar-refractivity contribution in [2.75, 3.05) is 0 Å². The number of hydrogen-bond donors (Lipinski definition) is 1. The van der Waals surface area contributed by atoms with Gasteiger partial charge < -0.3 is 4.90 Å². The molecular weight excluding hydrogens is 451 g/mol. The minimum Gasteiger partial charge on any atom is -0.322 e. The van der Waals surface area contributed by atoms with Crippen LogP contribution in [0.4, 0.5) is 13.2 Å². The normalized spacial score (nSPS) is 18.3. The Kier molecular flexibility index (Phi) is 5.18. The molecule has 2 aromatic carbocycles. The first-order valence-corrected chi connectivity index (χ1v) is 10.5. The van der Waals surface area contributed by atoms with Crippen LogP contribution < -0.4 is 5.32 Å². The van der Waals surface area contributed by atoms with Gasteiger partial charge in [0.1, 0.15) is 18.3 Å². The molecule has 0 radical (unpaired) electrons. The van der Waals surface area contributed by atoms with Crippen LogP contribution in [-0.2, 0) is 22.7 Å². The fourth-order valence-electron chi connectivity index (χ4n) is 4.39. The summed E-state index contributed by atoms with van der Waals surface area (Å²) in [4.78, 5) is 38.0. The van der Waals surface area contributed by atoms with E-state index in [1.54, 1.807) is 48.5 Å². The van der Waals surface area contributed by atoms with Gasteiger partial charge in [-0.05, 0) is 24.1 Å². The Balaban J connectivity index is 1.51. The molecular formula is C23H18F3N5O3. The molecule has 0 aliphatic carbocycles. The molecule has 3 aromatic rings. The molecule has 0 bridgehead atoms. The predicted octanol–water partition coefficient (Wildman–Crippen LogP) is 2.94. The number of imide groups is 1. The van der Waals surface area contributed by atoms with Crippen LogP contribution in [0.15, 0.2) is 48.5 Å². The predicted molar refractivity (Wildman–Crippen MR) is 113 cm³/mol. The monoisotopic (exact) mass is 469 g/mol. The van der Waals surface area contributed by atoms with Crippen LogP contribution in [0.3, 0.4) is 0 Å². The van der Waals surface area contributed by atoms with E-state index >= 15 is 0 Å². The molecule has 1 saturated heterocycles. The maximum atomic E-state index is 13.2. The highest BCUT2D eigenvalue weighted by Gasteiger charge is 2.39. The number of carbonyl (C=O) groups excluding carboxylic acids is 3. The van der Waals surface area contributed by atoms with Crippen molar-refractivity contribution in [1.82, 2.24) is 25.2 Å². The number of fused-ring (bicyclic) bond motifs is 1. The molecule has 1 fully saturated rings. The van der Waals surface area contributed by atoms with Crippen LogP contribution in [-0.4, -0.2) is 49.8 Å². The van der Waals surface area contributed by atoms with Crippen molar-refractivity contribution < 1.29 is 27.6 Å². The van der Waals surface area contributed by atoms with Gasteiger partial charge in [-0.15, -0.1) is 5.10 Å². The molecule has 8 nitrogen and oxygen atoms in total. The minimum absolute atomic E-state index is 0.143. The van der Waals surface area contributed by atoms with E-state index in [4.69, 9.17) is 0 Å². The van der Waals surface area contributed by atoms with Crippen molar-refractivity contribution in [2.24, 2.45) is 0 Å². The van der Waals surface area contributed by atoms with E-state index in [2.05, 4.69) is 15.6 Å². The van der Waals surface area contributed by atoms with Crippen LogP contribution in [0.25, 0.3) is 22.5 Å². The zero-order chi connectivity index (χ0) is 24.0. The second kappa shape index (κ2) is 8.08. The molecule has 5 rings (SSSR count). The van der Waals surface area contributed by atoms with Gasteiger partial charge in [0, 0.05) is 29.7 Å². The van der Waals surface area contributed by atoms with Crippen LogP contribution in [0.5, 0.6) is 0 Å². The summed E-state index contributed by atoms with van der Waals surface area (Å²) in [6, 6.07) is 12.7. The van der Waals surface area contributed by atoms with Gasteiger partial charge in [-0.1, -0.05) is 41.6 Å². The lowest BCUT2D eigenvalue weighted by Gasteiger charge is -2.29. The number of piperidine rings is 1. The van der Waals surface area contributed by atoms with Crippen LogP contribution in [0.1, 0.15) is 28.8 Å². The molecule has 1 N–H and O–H groups in total. The number of nitrogens with one attached hydrogen (secondary N) is 1. The number of rotatable bonds is 4. The van der Waals surface area contributed by atoms with Crippen molar-refractivity contribution in [3.8, 4) is 22.5 Å². The van der Waals surface area contributed by atoms with Gasteiger partial charge in [0.2, 0.25) is 11.8 Å². The third kappa shape index (κ3) is 3.93. The average Bonchev–Trinajstić information content (AvgIpc) is 3.34. The zero-order valence-corrected chi connectivity index (χ0v) is 17.7. The summed E-state index contributed by atoms with van der Waals surface area (Å²) in [5, 5.41) is 10.0. The standard InChI is InChI=1S/C23H18F3N5O3/c24-23(25,26)12-31-20(13-4-2-1-3-5-13)19(28-29-31)14-6-7-16-15(10-14)11-30(22(16)34)17-8-9-18(32)27-21(17)33/h1-7,10,17H,8-9,11-12H2,(H,27,32,33). The third-order valence-electron chi connectivity index (χ3n) is 5.91. The molecule has 2 aliphatic heterocycles. The molecule has 11 heteroatoms. The molecule has 3 amide bonds.